The number of hydrogen-bond acceptors (Lipinski definition) is 13. The lowest BCUT2D eigenvalue weighted by molar-refractivity contribution is 1.28. The van der Waals surface area contributed by atoms with Gasteiger partial charge < -0.3 is 4.90 Å². The molecular formula is C58H32N7S6+. The minimum absolute atomic E-state index is 0.0141. The predicted molar refractivity (Wildman–Crippen MR) is 297 cm³/mol. The first-order valence-electron chi connectivity index (χ1n) is 21.4. The van der Waals surface area contributed by atoms with Gasteiger partial charge in [-0.25, -0.2) is 0 Å². The van der Waals surface area contributed by atoms with Gasteiger partial charge in [0.15, 0.2) is 17.7 Å². The van der Waals surface area contributed by atoms with E-state index in [0.29, 0.717) is 16.7 Å². The molecule has 334 valence electrons. The molecule has 0 spiro atoms. The van der Waals surface area contributed by atoms with Crippen molar-refractivity contribution < 1.29 is 0 Å². The highest BCUT2D eigenvalue weighted by Gasteiger charge is 2.20. The average Bonchev–Trinajstić information content (AvgIpc) is 4.27. The molecule has 0 aliphatic carbocycles. The van der Waals surface area contributed by atoms with Crippen molar-refractivity contribution in [3.8, 4) is 97.0 Å². The fraction of sp³-hybridized carbons (Fsp3) is 0.0172. The standard InChI is InChI=1S/C58H32N7S6/c1-4-46(42(33-63)34-64)52-22-28-58(71-52)57-27-21-51(70-57)39-9-15-45(16-10-39)65(43-11-5-37(6-12-43)49-19-25-55(68-49)53-23-17-47(66-53)35(2)40(29-59)30-60)44-13-7-38(8-14-44)50-20-26-56(69-50)54-24-18-48(67-54)36(3)41(31-61)32-62/h4-28H,1-2H2,3H3/q+1. The monoisotopic (exact) mass is 1020 g/mol. The lowest BCUT2D eigenvalue weighted by atomic mass is 10.1. The summed E-state index contributed by atoms with van der Waals surface area (Å²) in [5.41, 5.74) is 8.03. The van der Waals surface area contributed by atoms with Crippen molar-refractivity contribution in [2.45, 2.75) is 6.92 Å². The van der Waals surface area contributed by atoms with Crippen LogP contribution in [0.4, 0.5) is 17.1 Å². The summed E-state index contributed by atoms with van der Waals surface area (Å²) in [6, 6.07) is 62.1. The second kappa shape index (κ2) is 21.0. The van der Waals surface area contributed by atoms with Gasteiger partial charge in [-0.1, -0.05) is 60.4 Å². The molecule has 0 aliphatic rings. The van der Waals surface area contributed by atoms with Gasteiger partial charge in [0, 0.05) is 84.4 Å². The van der Waals surface area contributed by atoms with E-state index in [0.717, 1.165) is 92.3 Å². The Bertz CT molecular complexity index is 3660. The van der Waals surface area contributed by atoms with Crippen LogP contribution in [0.5, 0.6) is 0 Å². The Labute approximate surface area is 435 Å². The minimum atomic E-state index is 0.0141. The number of anilines is 3. The number of thiophene rings is 6. The van der Waals surface area contributed by atoms with Crippen LogP contribution in [0.3, 0.4) is 0 Å². The topological polar surface area (TPSA) is 146 Å². The first kappa shape index (κ1) is 47.5. The highest BCUT2D eigenvalue weighted by Crippen LogP contribution is 2.45. The first-order chi connectivity index (χ1) is 34.7. The third-order valence-corrected chi connectivity index (χ3v) is 18.8. The predicted octanol–water partition coefficient (Wildman–Crippen LogP) is 18.0. The molecule has 7 nitrogen and oxygen atoms in total. The summed E-state index contributed by atoms with van der Waals surface area (Å²) in [6.07, 6.45) is 1.56. The summed E-state index contributed by atoms with van der Waals surface area (Å²) in [6.45, 7) is 9.62. The summed E-state index contributed by atoms with van der Waals surface area (Å²) >= 11 is 9.68. The van der Waals surface area contributed by atoms with Gasteiger partial charge in [-0.15, -0.1) is 56.7 Å². The molecule has 0 atom stereocenters. The molecule has 0 N–H and O–H groups in total. The zero-order chi connectivity index (χ0) is 49.6. The number of nitriles is 6. The average molecular weight is 1020 g/mol. The SMILES string of the molecule is C=CC(=C(C#N)C#N)c1ccc(-c2ccc(-c3ccc(N(c4ccc(-c5ccc(-c6ccc(C([CH2+])=C(C#N)C#N)s6)s5)cc4)c4ccc(-c5ccc(-c6ccc(C(C)=C(C#N)C#N)s6)s5)cc4)cc3)s2)s1. The van der Waals surface area contributed by atoms with Crippen molar-refractivity contribution in [1.82, 2.24) is 0 Å². The summed E-state index contributed by atoms with van der Waals surface area (Å²) in [4.78, 5) is 14.5. The van der Waals surface area contributed by atoms with E-state index in [2.05, 4.69) is 128 Å². The smallest absolute Gasteiger partial charge is 0.243 e. The van der Waals surface area contributed by atoms with Crippen molar-refractivity contribution in [3.05, 3.63) is 197 Å². The van der Waals surface area contributed by atoms with E-state index in [1.807, 2.05) is 79.7 Å². The Kier molecular flexibility index (Phi) is 14.0. The molecular weight excluding hydrogens is 987 g/mol. The van der Waals surface area contributed by atoms with E-state index in [9.17, 15) is 31.6 Å². The van der Waals surface area contributed by atoms with Gasteiger partial charge in [-0.05, 0) is 132 Å². The third-order valence-electron chi connectivity index (χ3n) is 11.3. The molecule has 3 aromatic carbocycles. The molecule has 0 aliphatic heterocycles. The van der Waals surface area contributed by atoms with Crippen LogP contribution >= 0.6 is 68.0 Å². The van der Waals surface area contributed by atoms with Crippen LogP contribution in [0, 0.1) is 74.9 Å². The van der Waals surface area contributed by atoms with Crippen LogP contribution in [0.15, 0.2) is 175 Å². The van der Waals surface area contributed by atoms with Crippen LogP contribution in [-0.2, 0) is 0 Å². The second-order valence-corrected chi connectivity index (χ2v) is 22.0. The fourth-order valence-corrected chi connectivity index (χ4v) is 14.0. The maximum atomic E-state index is 9.47. The van der Waals surface area contributed by atoms with Gasteiger partial charge in [0.1, 0.15) is 40.3 Å². The lowest BCUT2D eigenvalue weighted by Gasteiger charge is -2.26. The maximum absolute atomic E-state index is 9.47. The van der Waals surface area contributed by atoms with Crippen LogP contribution in [0.1, 0.15) is 21.6 Å². The lowest BCUT2D eigenvalue weighted by Crippen LogP contribution is -2.09. The molecule has 13 heteroatoms. The van der Waals surface area contributed by atoms with Crippen LogP contribution in [0.2, 0.25) is 0 Å². The van der Waals surface area contributed by atoms with Crippen LogP contribution in [-0.4, -0.2) is 0 Å². The molecule has 0 amide bonds. The Morgan fingerprint density at radius 1 is 0.394 bits per heavy atom. The molecule has 9 rings (SSSR count). The Morgan fingerprint density at radius 2 is 0.704 bits per heavy atom. The number of rotatable bonds is 13. The molecule has 6 aromatic heterocycles. The largest absolute Gasteiger partial charge is 0.311 e. The summed E-state index contributed by atoms with van der Waals surface area (Å²) < 4.78 is 0. The zero-order valence-electron chi connectivity index (χ0n) is 37.4. The van der Waals surface area contributed by atoms with E-state index >= 15 is 0 Å². The van der Waals surface area contributed by atoms with E-state index in [1.165, 1.54) is 22.7 Å². The molecule has 0 saturated carbocycles. The van der Waals surface area contributed by atoms with E-state index < -0.39 is 0 Å². The van der Waals surface area contributed by atoms with Gasteiger partial charge >= 0.3 is 0 Å². The van der Waals surface area contributed by atoms with Crippen LogP contribution < -0.4 is 4.90 Å². The molecule has 0 radical (unpaired) electrons. The molecule has 0 fully saturated rings. The maximum Gasteiger partial charge on any atom is 0.243 e. The third kappa shape index (κ3) is 9.72. The number of nitrogens with zero attached hydrogens (tertiary/aromatic N) is 7. The number of hydrogen-bond donors (Lipinski definition) is 0. The normalized spacial score (nSPS) is 10.4. The van der Waals surface area contributed by atoms with Crippen molar-refractivity contribution in [1.29, 1.82) is 31.6 Å². The van der Waals surface area contributed by atoms with Crippen molar-refractivity contribution in [2.75, 3.05) is 4.90 Å². The second-order valence-electron chi connectivity index (χ2n) is 15.5. The quantitative estimate of drug-likeness (QED) is 0.0635. The van der Waals surface area contributed by atoms with Crippen molar-refractivity contribution in [2.24, 2.45) is 0 Å². The van der Waals surface area contributed by atoms with Gasteiger partial charge in [-0.2, -0.15) is 31.6 Å². The Hall–Kier alpha value is -8.57. The van der Waals surface area contributed by atoms with Crippen molar-refractivity contribution >= 4 is 102 Å². The van der Waals surface area contributed by atoms with E-state index in [1.54, 1.807) is 51.4 Å². The van der Waals surface area contributed by atoms with Crippen molar-refractivity contribution in [3.63, 3.8) is 0 Å². The molecule has 0 saturated heterocycles. The number of benzene rings is 3. The Morgan fingerprint density at radius 3 is 1.08 bits per heavy atom. The molecule has 0 unspecified atom stereocenters. The molecule has 6 heterocycles. The highest BCUT2D eigenvalue weighted by molar-refractivity contribution is 7.25. The summed E-state index contributed by atoms with van der Waals surface area (Å²) in [5.74, 6) is 0. The summed E-state index contributed by atoms with van der Waals surface area (Å²) in [7, 11) is 0. The summed E-state index contributed by atoms with van der Waals surface area (Å²) in [5, 5.41) is 56.4. The van der Waals surface area contributed by atoms with Gasteiger partial charge in [0.05, 0.1) is 4.88 Å². The van der Waals surface area contributed by atoms with Gasteiger partial charge in [-0.3, -0.25) is 0 Å². The minimum Gasteiger partial charge on any atom is -0.311 e. The fourth-order valence-electron chi connectivity index (χ4n) is 7.64. The van der Waals surface area contributed by atoms with Gasteiger partial charge in [0.2, 0.25) is 5.57 Å². The molecule has 71 heavy (non-hydrogen) atoms. The van der Waals surface area contributed by atoms with E-state index in [4.69, 9.17) is 0 Å². The van der Waals surface area contributed by atoms with Crippen LogP contribution in [0.25, 0.3) is 77.3 Å². The molecule has 0 bridgehead atoms. The van der Waals surface area contributed by atoms with Gasteiger partial charge in [0.25, 0.3) is 0 Å². The molecule has 9 aromatic rings. The van der Waals surface area contributed by atoms with E-state index in [-0.39, 0.29) is 16.7 Å². The zero-order valence-corrected chi connectivity index (χ0v) is 42.3. The number of allylic oxidation sites excluding steroid dienone is 7. The highest BCUT2D eigenvalue weighted by atomic mass is 32.1. The Balaban J connectivity index is 1.01. The first-order valence-corrected chi connectivity index (χ1v) is 26.3.